The van der Waals surface area contributed by atoms with Crippen LogP contribution in [0.25, 0.3) is 0 Å². The van der Waals surface area contributed by atoms with Crippen molar-refractivity contribution in [2.45, 2.75) is 11.8 Å². The van der Waals surface area contributed by atoms with Crippen LogP contribution in [0.15, 0.2) is 11.1 Å². The first kappa shape index (κ1) is 10.1. The van der Waals surface area contributed by atoms with Crippen LogP contribution in [0, 0.1) is 0 Å². The van der Waals surface area contributed by atoms with Crippen LogP contribution in [0.3, 0.4) is 0 Å². The molecule has 1 amide bonds. The van der Waals surface area contributed by atoms with Gasteiger partial charge in [0.05, 0.1) is 11.8 Å². The summed E-state index contributed by atoms with van der Waals surface area (Å²) in [7, 11) is 0. The van der Waals surface area contributed by atoms with Crippen molar-refractivity contribution in [2.75, 3.05) is 0 Å². The van der Waals surface area contributed by atoms with E-state index in [9.17, 15) is 9.59 Å². The molecule has 1 saturated heterocycles. The number of carbonyl (C=O) groups is 2. The van der Waals surface area contributed by atoms with E-state index < -0.39 is 5.97 Å². The summed E-state index contributed by atoms with van der Waals surface area (Å²) in [5, 5.41) is 10.2. The van der Waals surface area contributed by atoms with E-state index in [1.807, 2.05) is 0 Å². The Labute approximate surface area is 95.3 Å². The van der Waals surface area contributed by atoms with Gasteiger partial charge in [-0.25, -0.2) is 4.79 Å². The van der Waals surface area contributed by atoms with Gasteiger partial charge in [-0.3, -0.25) is 9.69 Å². The van der Waals surface area contributed by atoms with E-state index in [2.05, 4.69) is 0 Å². The van der Waals surface area contributed by atoms with E-state index in [0.717, 1.165) is 0 Å². The molecule has 0 aromatic carbocycles. The van der Waals surface area contributed by atoms with Gasteiger partial charge in [0.1, 0.15) is 5.70 Å². The van der Waals surface area contributed by atoms with Gasteiger partial charge in [-0.05, 0) is 0 Å². The summed E-state index contributed by atoms with van der Waals surface area (Å²) in [6.07, 6.45) is 0.470. The van der Waals surface area contributed by atoms with Crippen molar-refractivity contribution in [1.29, 1.82) is 0 Å². The molecule has 0 spiro atoms. The molecule has 1 atom stereocenters. The van der Waals surface area contributed by atoms with Crippen molar-refractivity contribution in [3.05, 3.63) is 11.1 Å². The van der Waals surface area contributed by atoms with Crippen LogP contribution in [-0.2, 0) is 9.59 Å². The molecule has 2 rings (SSSR count). The number of fused-ring (bicyclic) bond motifs is 1. The standard InChI is InChI=1S/C6H5NO3S.Na.H/c8-4-1-5-7(4)3(2-11-5)6(9)10;;/h2,5H,1H2,(H,9,10);;/t5-;;/m1../s1. The summed E-state index contributed by atoms with van der Waals surface area (Å²) in [4.78, 5) is 22.6. The third-order valence-corrected chi connectivity index (χ3v) is 2.77. The Morgan fingerprint density at radius 1 is 1.75 bits per heavy atom. The van der Waals surface area contributed by atoms with Crippen molar-refractivity contribution >= 4 is 53.2 Å². The summed E-state index contributed by atoms with van der Waals surface area (Å²) in [5.41, 5.74) is 0.122. The van der Waals surface area contributed by atoms with Crippen molar-refractivity contribution in [3.8, 4) is 0 Å². The quantitative estimate of drug-likeness (QED) is 0.455. The van der Waals surface area contributed by atoms with Gasteiger partial charge in [0.15, 0.2) is 0 Å². The van der Waals surface area contributed by atoms with Crippen LogP contribution < -0.4 is 0 Å². The molecule has 0 aromatic rings. The van der Waals surface area contributed by atoms with Crippen molar-refractivity contribution in [3.63, 3.8) is 0 Å². The van der Waals surface area contributed by atoms with Crippen LogP contribution in [0.2, 0.25) is 0 Å². The first-order chi connectivity index (χ1) is 5.20. The Balaban J connectivity index is 0.000000720. The zero-order valence-electron chi connectivity index (χ0n) is 5.48. The van der Waals surface area contributed by atoms with Gasteiger partial charge in [0.2, 0.25) is 5.91 Å². The van der Waals surface area contributed by atoms with Crippen LogP contribution in [-0.4, -0.2) is 56.8 Å². The third-order valence-electron chi connectivity index (χ3n) is 1.72. The number of nitrogens with zero attached hydrogens (tertiary/aromatic N) is 1. The molecule has 12 heavy (non-hydrogen) atoms. The van der Waals surface area contributed by atoms with Crippen molar-refractivity contribution in [2.24, 2.45) is 0 Å². The fraction of sp³-hybridized carbons (Fsp3) is 0.333. The molecule has 2 aliphatic heterocycles. The zero-order valence-corrected chi connectivity index (χ0v) is 6.30. The minimum absolute atomic E-state index is 0. The summed E-state index contributed by atoms with van der Waals surface area (Å²) in [6, 6.07) is 0. The summed E-state index contributed by atoms with van der Waals surface area (Å²) >= 11 is 1.39. The number of carboxylic acid groups (broad SMARTS) is 1. The average molecular weight is 195 g/mol. The first-order valence-corrected chi connectivity index (χ1v) is 4.05. The summed E-state index contributed by atoms with van der Waals surface area (Å²) in [5.74, 6) is -1.11. The maximum absolute atomic E-state index is 10.8. The number of aliphatic carboxylic acids is 1. The number of hydrogen-bond donors (Lipinski definition) is 1. The number of thioether (sulfide) groups is 1. The molecule has 2 aliphatic rings. The molecule has 0 aliphatic carbocycles. The van der Waals surface area contributed by atoms with E-state index in [0.29, 0.717) is 6.42 Å². The summed E-state index contributed by atoms with van der Waals surface area (Å²) < 4.78 is 0. The number of β-lactam (4-membered cyclic amide) rings is 1. The maximum atomic E-state index is 10.8. The van der Waals surface area contributed by atoms with Gasteiger partial charge in [0.25, 0.3) is 0 Å². The molecule has 0 aromatic heterocycles. The summed E-state index contributed by atoms with van der Waals surface area (Å²) in [6.45, 7) is 0. The molecule has 0 bridgehead atoms. The van der Waals surface area contributed by atoms with Gasteiger partial charge < -0.3 is 5.11 Å². The normalized spacial score (nSPS) is 25.3. The predicted molar refractivity (Wildman–Crippen MR) is 45.7 cm³/mol. The Morgan fingerprint density at radius 3 is 2.83 bits per heavy atom. The number of hydrogen-bond acceptors (Lipinski definition) is 3. The molecular weight excluding hydrogens is 189 g/mol. The van der Waals surface area contributed by atoms with E-state index in [-0.39, 0.29) is 46.5 Å². The average Bonchev–Trinajstić information content (AvgIpc) is 2.25. The van der Waals surface area contributed by atoms with Gasteiger partial charge >= 0.3 is 35.5 Å². The molecule has 1 fully saturated rings. The zero-order chi connectivity index (χ0) is 8.01. The first-order valence-electron chi connectivity index (χ1n) is 3.11. The second-order valence-electron chi connectivity index (χ2n) is 2.37. The molecule has 6 heteroatoms. The number of rotatable bonds is 1. The molecule has 2 heterocycles. The van der Waals surface area contributed by atoms with Crippen molar-refractivity contribution in [1.82, 2.24) is 4.90 Å². The fourth-order valence-corrected chi connectivity index (χ4v) is 2.23. The van der Waals surface area contributed by atoms with E-state index in [1.54, 1.807) is 0 Å². The SMILES string of the molecule is O=C(O)C1=CS[C@@H]2CC(=O)N12.[NaH]. The van der Waals surface area contributed by atoms with Crippen LogP contribution >= 0.6 is 11.8 Å². The molecule has 4 nitrogen and oxygen atoms in total. The molecule has 60 valence electrons. The molecule has 0 unspecified atom stereocenters. The molecule has 1 N–H and O–H groups in total. The van der Waals surface area contributed by atoms with E-state index >= 15 is 0 Å². The van der Waals surface area contributed by atoms with Crippen LogP contribution in [0.5, 0.6) is 0 Å². The van der Waals surface area contributed by atoms with E-state index in [4.69, 9.17) is 5.11 Å². The van der Waals surface area contributed by atoms with Crippen LogP contribution in [0.1, 0.15) is 6.42 Å². The predicted octanol–water partition coefficient (Wildman–Crippen LogP) is -0.431. The Hall–Kier alpha value is 0.0300. The fourth-order valence-electron chi connectivity index (χ4n) is 1.14. The second kappa shape index (κ2) is 3.41. The topological polar surface area (TPSA) is 57.6 Å². The van der Waals surface area contributed by atoms with Gasteiger partial charge in [-0.2, -0.15) is 0 Å². The molecule has 0 radical (unpaired) electrons. The van der Waals surface area contributed by atoms with Crippen LogP contribution in [0.4, 0.5) is 0 Å². The van der Waals surface area contributed by atoms with Gasteiger partial charge in [0, 0.05) is 5.41 Å². The monoisotopic (exact) mass is 195 g/mol. The molecular formula is C6H6NNaO3S. The third kappa shape index (κ3) is 1.31. The van der Waals surface area contributed by atoms with Crippen molar-refractivity contribution < 1.29 is 14.7 Å². The van der Waals surface area contributed by atoms with Gasteiger partial charge in [-0.1, -0.05) is 0 Å². The molecule has 0 saturated carbocycles. The Kier molecular flexibility index (Phi) is 2.88. The Morgan fingerprint density at radius 2 is 2.42 bits per heavy atom. The Bertz CT molecular complexity index is 278. The van der Waals surface area contributed by atoms with Gasteiger partial charge in [-0.15, -0.1) is 11.8 Å². The second-order valence-corrected chi connectivity index (χ2v) is 3.42. The van der Waals surface area contributed by atoms with E-state index in [1.165, 1.54) is 22.1 Å². The minimum atomic E-state index is -1.02. The number of carbonyl (C=O) groups excluding carboxylic acids is 1. The number of carboxylic acids is 1. The number of amides is 1.